The molecule has 4 heteroatoms. The van der Waals surface area contributed by atoms with Crippen LogP contribution in [0.25, 0.3) is 0 Å². The normalized spacial score (nSPS) is 25.9. The van der Waals surface area contributed by atoms with Gasteiger partial charge >= 0.3 is 6.03 Å². The predicted molar refractivity (Wildman–Crippen MR) is 76.8 cm³/mol. The summed E-state index contributed by atoms with van der Waals surface area (Å²) < 4.78 is 0. The van der Waals surface area contributed by atoms with E-state index in [4.69, 9.17) is 0 Å². The Bertz CT molecular complexity index is 514. The second-order valence-electron chi connectivity index (χ2n) is 5.71. The summed E-state index contributed by atoms with van der Waals surface area (Å²) in [6.45, 7) is 4.21. The number of likely N-dealkylation sites (N-methyl/N-ethyl adjacent to an activating group) is 1. The fourth-order valence-corrected chi connectivity index (χ4v) is 3.47. The number of urea groups is 1. The maximum atomic E-state index is 12.2. The van der Waals surface area contributed by atoms with Crippen LogP contribution in [0, 0.1) is 6.92 Å². The number of anilines is 1. The number of amides is 2. The Morgan fingerprint density at radius 1 is 1.42 bits per heavy atom. The van der Waals surface area contributed by atoms with E-state index < -0.39 is 0 Å². The third kappa shape index (κ3) is 1.91. The van der Waals surface area contributed by atoms with Crippen LogP contribution < -0.4 is 10.2 Å². The van der Waals surface area contributed by atoms with E-state index in [9.17, 15) is 4.79 Å². The summed E-state index contributed by atoms with van der Waals surface area (Å²) in [4.78, 5) is 16.5. The van der Waals surface area contributed by atoms with Crippen molar-refractivity contribution in [2.75, 3.05) is 32.1 Å². The molecule has 0 radical (unpaired) electrons. The predicted octanol–water partition coefficient (Wildman–Crippen LogP) is 1.94. The smallest absolute Gasteiger partial charge is 0.321 e. The second-order valence-corrected chi connectivity index (χ2v) is 5.71. The molecule has 2 amide bonds. The topological polar surface area (TPSA) is 35.6 Å². The van der Waals surface area contributed by atoms with Crippen molar-refractivity contribution in [2.24, 2.45) is 0 Å². The zero-order chi connectivity index (χ0) is 13.6. The number of piperidine rings is 1. The number of benzene rings is 1. The highest BCUT2D eigenvalue weighted by Crippen LogP contribution is 2.44. The minimum atomic E-state index is 0.0159. The maximum Gasteiger partial charge on any atom is 0.321 e. The van der Waals surface area contributed by atoms with Crippen LogP contribution in [0.3, 0.4) is 0 Å². The Labute approximate surface area is 114 Å². The van der Waals surface area contributed by atoms with Crippen molar-refractivity contribution in [2.45, 2.75) is 25.3 Å². The molecule has 1 aromatic rings. The van der Waals surface area contributed by atoms with Gasteiger partial charge in [-0.2, -0.15) is 0 Å². The molecule has 3 rings (SSSR count). The van der Waals surface area contributed by atoms with E-state index in [0.717, 1.165) is 25.2 Å². The SMILES string of the molecule is CNC(=O)N1c2ccc(C)cc2[C@@H]2CN(C)CC[C@@H]21. The third-order valence-electron chi connectivity index (χ3n) is 4.39. The molecule has 0 saturated carbocycles. The molecule has 1 fully saturated rings. The zero-order valence-electron chi connectivity index (χ0n) is 11.8. The van der Waals surface area contributed by atoms with Gasteiger partial charge in [-0.3, -0.25) is 4.90 Å². The lowest BCUT2D eigenvalue weighted by Crippen LogP contribution is -2.49. The van der Waals surface area contributed by atoms with Crippen molar-refractivity contribution in [1.29, 1.82) is 0 Å². The first-order valence-electron chi connectivity index (χ1n) is 6.92. The number of aryl methyl sites for hydroxylation is 1. The van der Waals surface area contributed by atoms with E-state index in [1.807, 2.05) is 4.90 Å². The van der Waals surface area contributed by atoms with Crippen molar-refractivity contribution in [1.82, 2.24) is 10.2 Å². The molecule has 2 aliphatic rings. The van der Waals surface area contributed by atoms with Gasteiger partial charge < -0.3 is 10.2 Å². The molecule has 4 nitrogen and oxygen atoms in total. The van der Waals surface area contributed by atoms with Crippen LogP contribution in [0.5, 0.6) is 0 Å². The Kier molecular flexibility index (Phi) is 2.97. The molecule has 102 valence electrons. The minimum Gasteiger partial charge on any atom is -0.341 e. The van der Waals surface area contributed by atoms with E-state index in [1.165, 1.54) is 11.1 Å². The number of carbonyl (C=O) groups excluding carboxylic acids is 1. The zero-order valence-corrected chi connectivity index (χ0v) is 11.8. The second kappa shape index (κ2) is 4.53. The molecular weight excluding hydrogens is 238 g/mol. The number of carbonyl (C=O) groups is 1. The molecule has 19 heavy (non-hydrogen) atoms. The Balaban J connectivity index is 2.06. The average Bonchev–Trinajstić information content (AvgIpc) is 2.71. The van der Waals surface area contributed by atoms with Crippen LogP contribution in [0.15, 0.2) is 18.2 Å². The average molecular weight is 259 g/mol. The van der Waals surface area contributed by atoms with E-state index in [2.05, 4.69) is 42.4 Å². The fourth-order valence-electron chi connectivity index (χ4n) is 3.47. The Morgan fingerprint density at radius 3 is 2.95 bits per heavy atom. The maximum absolute atomic E-state index is 12.2. The van der Waals surface area contributed by atoms with Crippen LogP contribution in [0.4, 0.5) is 10.5 Å². The number of hydrogen-bond donors (Lipinski definition) is 1. The van der Waals surface area contributed by atoms with Gasteiger partial charge in [-0.25, -0.2) is 4.79 Å². The monoisotopic (exact) mass is 259 g/mol. The molecule has 0 spiro atoms. The number of likely N-dealkylation sites (tertiary alicyclic amines) is 1. The number of hydrogen-bond acceptors (Lipinski definition) is 2. The molecule has 0 aliphatic carbocycles. The summed E-state index contributed by atoms with van der Waals surface area (Å²) in [5, 5.41) is 2.78. The van der Waals surface area contributed by atoms with Gasteiger partial charge in [0.15, 0.2) is 0 Å². The summed E-state index contributed by atoms with van der Waals surface area (Å²) in [7, 11) is 3.87. The molecule has 0 bridgehead atoms. The highest BCUT2D eigenvalue weighted by atomic mass is 16.2. The lowest BCUT2D eigenvalue weighted by atomic mass is 9.89. The first kappa shape index (κ1) is 12.5. The van der Waals surface area contributed by atoms with Crippen molar-refractivity contribution < 1.29 is 4.79 Å². The molecule has 2 aliphatic heterocycles. The molecule has 1 aromatic carbocycles. The highest BCUT2D eigenvalue weighted by Gasteiger charge is 2.43. The van der Waals surface area contributed by atoms with Crippen molar-refractivity contribution in [3.05, 3.63) is 29.3 Å². The van der Waals surface area contributed by atoms with Crippen LogP contribution in [-0.2, 0) is 0 Å². The summed E-state index contributed by atoms with van der Waals surface area (Å²) >= 11 is 0. The number of rotatable bonds is 0. The first-order chi connectivity index (χ1) is 9.11. The van der Waals surface area contributed by atoms with Gasteiger partial charge in [0.2, 0.25) is 0 Å². The van der Waals surface area contributed by atoms with Gasteiger partial charge in [0.05, 0.1) is 0 Å². The van der Waals surface area contributed by atoms with Gasteiger partial charge in [0.1, 0.15) is 0 Å². The summed E-state index contributed by atoms with van der Waals surface area (Å²) in [6, 6.07) is 6.76. The van der Waals surface area contributed by atoms with Gasteiger partial charge in [-0.15, -0.1) is 0 Å². The number of fused-ring (bicyclic) bond motifs is 3. The van der Waals surface area contributed by atoms with E-state index in [1.54, 1.807) is 7.05 Å². The van der Waals surface area contributed by atoms with Crippen molar-refractivity contribution in [3.8, 4) is 0 Å². The molecular formula is C15H21N3O. The summed E-state index contributed by atoms with van der Waals surface area (Å²) in [5.41, 5.74) is 3.69. The standard InChI is InChI=1S/C15H21N3O/c1-10-4-5-13-11(8-10)12-9-17(3)7-6-14(12)18(13)15(19)16-2/h4-5,8,12,14H,6-7,9H2,1-3H3,(H,16,19)/t12-,14-/m0/s1. The molecule has 2 atom stereocenters. The summed E-state index contributed by atoms with van der Waals surface area (Å²) in [5.74, 6) is 0.450. The van der Waals surface area contributed by atoms with Gasteiger partial charge in [-0.05, 0) is 38.6 Å². The van der Waals surface area contributed by atoms with Crippen molar-refractivity contribution in [3.63, 3.8) is 0 Å². The first-order valence-corrected chi connectivity index (χ1v) is 6.92. The lowest BCUT2D eigenvalue weighted by molar-refractivity contribution is 0.220. The molecule has 0 unspecified atom stereocenters. The lowest BCUT2D eigenvalue weighted by Gasteiger charge is -2.36. The molecule has 0 aromatic heterocycles. The van der Waals surface area contributed by atoms with Crippen LogP contribution in [0.2, 0.25) is 0 Å². The molecule has 1 N–H and O–H groups in total. The quantitative estimate of drug-likeness (QED) is 0.773. The van der Waals surface area contributed by atoms with Gasteiger partial charge in [0, 0.05) is 31.2 Å². The molecule has 2 heterocycles. The van der Waals surface area contributed by atoms with Gasteiger partial charge in [0.25, 0.3) is 0 Å². The largest absolute Gasteiger partial charge is 0.341 e. The van der Waals surface area contributed by atoms with Crippen LogP contribution in [-0.4, -0.2) is 44.2 Å². The van der Waals surface area contributed by atoms with Crippen LogP contribution in [0.1, 0.15) is 23.5 Å². The molecule has 1 saturated heterocycles. The number of nitrogens with one attached hydrogen (secondary N) is 1. The van der Waals surface area contributed by atoms with Gasteiger partial charge in [-0.1, -0.05) is 17.7 Å². The van der Waals surface area contributed by atoms with Crippen molar-refractivity contribution >= 4 is 11.7 Å². The number of nitrogens with zero attached hydrogens (tertiary/aromatic N) is 2. The van der Waals surface area contributed by atoms with Crippen LogP contribution >= 0.6 is 0 Å². The van der Waals surface area contributed by atoms with E-state index >= 15 is 0 Å². The summed E-state index contributed by atoms with van der Waals surface area (Å²) in [6.07, 6.45) is 1.04. The Morgan fingerprint density at radius 2 is 2.21 bits per heavy atom. The third-order valence-corrected chi connectivity index (χ3v) is 4.39. The van der Waals surface area contributed by atoms with E-state index in [0.29, 0.717) is 12.0 Å². The highest BCUT2D eigenvalue weighted by molar-refractivity contribution is 5.95. The minimum absolute atomic E-state index is 0.0159. The van der Waals surface area contributed by atoms with E-state index in [-0.39, 0.29) is 6.03 Å². The Hall–Kier alpha value is -1.55. The fraction of sp³-hybridized carbons (Fsp3) is 0.533.